The van der Waals surface area contributed by atoms with Crippen molar-refractivity contribution in [3.8, 4) is 34.4 Å². The summed E-state index contributed by atoms with van der Waals surface area (Å²) in [6.45, 7) is 5.20. The van der Waals surface area contributed by atoms with Crippen molar-refractivity contribution in [2.45, 2.75) is 107 Å². The highest BCUT2D eigenvalue weighted by Gasteiger charge is 2.60. The number of likely N-dealkylation sites (tertiary alicyclic amines) is 2. The molecular formula is C48H54N8O8. The summed E-state index contributed by atoms with van der Waals surface area (Å²) in [4.78, 5) is 72.6. The minimum atomic E-state index is -1.40. The summed E-state index contributed by atoms with van der Waals surface area (Å²) < 4.78 is 22.4. The molecule has 2 saturated carbocycles. The van der Waals surface area contributed by atoms with Crippen LogP contribution in [0.3, 0.4) is 0 Å². The molecule has 0 radical (unpaired) electrons. The molecule has 6 heterocycles. The second-order valence-corrected chi connectivity index (χ2v) is 18.6. The van der Waals surface area contributed by atoms with Crippen LogP contribution in [0.15, 0.2) is 60.9 Å². The quantitative estimate of drug-likeness (QED) is 0.141. The second kappa shape index (κ2) is 16.7. The number of imidazole rings is 2. The van der Waals surface area contributed by atoms with E-state index in [2.05, 4.69) is 21.8 Å². The zero-order chi connectivity index (χ0) is 44.3. The third kappa shape index (κ3) is 8.11. The van der Waals surface area contributed by atoms with Crippen molar-refractivity contribution >= 4 is 24.0 Å². The molecule has 334 valence electrons. The number of piperidine rings is 2. The summed E-state index contributed by atoms with van der Waals surface area (Å²) in [6, 6.07) is 15.5. The number of nitrogens with two attached hydrogens (primary N) is 2. The van der Waals surface area contributed by atoms with Crippen LogP contribution in [0, 0.1) is 35.5 Å². The molecule has 4 saturated heterocycles. The van der Waals surface area contributed by atoms with Crippen LogP contribution < -0.4 is 11.5 Å². The number of rotatable bonds is 10. The van der Waals surface area contributed by atoms with E-state index in [4.69, 9.17) is 40.4 Å². The maximum absolute atomic E-state index is 14.4. The second-order valence-electron chi connectivity index (χ2n) is 18.6. The predicted octanol–water partition coefficient (Wildman–Crippen LogP) is 5.75. The van der Waals surface area contributed by atoms with E-state index < -0.39 is 23.9 Å². The first kappa shape index (κ1) is 41.8. The number of aromatic nitrogens is 4. The summed E-state index contributed by atoms with van der Waals surface area (Å²) in [5, 5.41) is 0. The Morgan fingerprint density at radius 3 is 1.83 bits per heavy atom. The molecule has 6 aliphatic rings. The van der Waals surface area contributed by atoms with Crippen LogP contribution in [0.25, 0.3) is 22.5 Å². The number of nitrogens with zero attached hydrogens (tertiary/aromatic N) is 4. The lowest BCUT2D eigenvalue weighted by atomic mass is 9.80. The Bertz CT molecular complexity index is 2490. The average molecular weight is 871 g/mol. The van der Waals surface area contributed by atoms with Crippen molar-refractivity contribution < 1.29 is 38.1 Å². The van der Waals surface area contributed by atoms with E-state index in [0.717, 1.165) is 59.3 Å². The van der Waals surface area contributed by atoms with Crippen molar-refractivity contribution in [2.24, 2.45) is 35.1 Å². The molecule has 2 aliphatic carbocycles. The average Bonchev–Trinajstić information content (AvgIpc) is 3.88. The first-order valence-corrected chi connectivity index (χ1v) is 22.5. The molecule has 0 bridgehead atoms. The number of fused-ring (bicyclic) bond motifs is 2. The smallest absolute Gasteiger partial charge is 0.405 e. The Kier molecular flexibility index (Phi) is 10.9. The summed E-state index contributed by atoms with van der Waals surface area (Å²) in [5.74, 6) is 7.95. The van der Waals surface area contributed by atoms with Gasteiger partial charge >= 0.3 is 12.2 Å². The standard InChI is InChI=1S/C48H54N8O8/c1-26-19-34(15-18-62-26)48(2,64-47(50)60)45(58)56-38-21-33(38)23-40(56)43-52-25-36(54-43)30-11-7-28(8-12-30)4-3-27-5-9-29(10-6-27)35-24-51-42(53-35)39-22-32-20-37(32)55(39)44(57)41(63-46(49)59)31-13-16-61-17-14-31/h5-12,24-26,31-34,37-41H,13-23H2,1-2H3,(H2,49,59)(H2,50,60)(H,51,53)(H,52,54)/t26?,32-,33-,34?,37?,38?,39+,40+,41-,48-/m1/s1. The molecule has 16 heteroatoms. The van der Waals surface area contributed by atoms with Crippen molar-refractivity contribution in [1.82, 2.24) is 29.7 Å². The van der Waals surface area contributed by atoms with Crippen molar-refractivity contribution in [3.05, 3.63) is 83.7 Å². The van der Waals surface area contributed by atoms with Gasteiger partial charge in [0.25, 0.3) is 11.8 Å². The van der Waals surface area contributed by atoms with Gasteiger partial charge < -0.3 is 50.2 Å². The zero-order valence-corrected chi connectivity index (χ0v) is 36.0. The number of nitrogens with one attached hydrogen (secondary N) is 2. The maximum atomic E-state index is 14.4. The van der Waals surface area contributed by atoms with Gasteiger partial charge in [-0.25, -0.2) is 19.6 Å². The molecule has 2 aromatic carbocycles. The zero-order valence-electron chi connectivity index (χ0n) is 36.0. The molecule has 4 aliphatic heterocycles. The number of H-pyrrole nitrogens is 2. The van der Waals surface area contributed by atoms with E-state index >= 15 is 0 Å². The highest BCUT2D eigenvalue weighted by atomic mass is 16.6. The molecule has 4 unspecified atom stereocenters. The van der Waals surface area contributed by atoms with Crippen molar-refractivity contribution in [3.63, 3.8) is 0 Å². The number of benzene rings is 2. The van der Waals surface area contributed by atoms with E-state index in [0.29, 0.717) is 69.0 Å². The van der Waals surface area contributed by atoms with E-state index in [-0.39, 0.29) is 53.9 Å². The Morgan fingerprint density at radius 1 is 0.750 bits per heavy atom. The first-order valence-electron chi connectivity index (χ1n) is 22.5. The Morgan fingerprint density at radius 2 is 1.30 bits per heavy atom. The fourth-order valence-corrected chi connectivity index (χ4v) is 10.8. The van der Waals surface area contributed by atoms with Crippen LogP contribution >= 0.6 is 0 Å². The Balaban J connectivity index is 0.787. The fraction of sp³-hybridized carbons (Fsp3) is 0.500. The molecule has 10 rings (SSSR count). The van der Waals surface area contributed by atoms with Gasteiger partial charge in [0.15, 0.2) is 11.7 Å². The Hall–Kier alpha value is -6.18. The molecule has 0 spiro atoms. The lowest BCUT2D eigenvalue weighted by Gasteiger charge is -2.42. The van der Waals surface area contributed by atoms with Crippen molar-refractivity contribution in [1.29, 1.82) is 0 Å². The number of carbonyl (C=O) groups excluding carboxylic acids is 4. The van der Waals surface area contributed by atoms with Crippen LogP contribution in [0.5, 0.6) is 0 Å². The number of amides is 4. The lowest BCUT2D eigenvalue weighted by Crippen LogP contribution is -2.57. The van der Waals surface area contributed by atoms with Gasteiger partial charge in [0, 0.05) is 54.9 Å². The fourth-order valence-electron chi connectivity index (χ4n) is 10.8. The van der Waals surface area contributed by atoms with Gasteiger partial charge in [0.1, 0.15) is 11.6 Å². The van der Waals surface area contributed by atoms with E-state index in [1.165, 1.54) is 0 Å². The molecule has 6 fully saturated rings. The highest BCUT2D eigenvalue weighted by Crippen LogP contribution is 2.55. The Labute approximate surface area is 371 Å². The monoisotopic (exact) mass is 870 g/mol. The molecule has 16 nitrogen and oxygen atoms in total. The van der Waals surface area contributed by atoms with Crippen LogP contribution in [0.1, 0.15) is 100 Å². The normalized spacial score (nSPS) is 28.5. The number of aromatic amines is 2. The number of ether oxygens (including phenoxy) is 4. The van der Waals surface area contributed by atoms with Gasteiger partial charge in [-0.2, -0.15) is 0 Å². The van der Waals surface area contributed by atoms with Crippen LogP contribution in [-0.2, 0) is 28.5 Å². The van der Waals surface area contributed by atoms with Gasteiger partial charge in [-0.1, -0.05) is 36.1 Å². The van der Waals surface area contributed by atoms with E-state index in [1.54, 1.807) is 19.3 Å². The minimum Gasteiger partial charge on any atom is -0.436 e. The van der Waals surface area contributed by atoms with Crippen LogP contribution in [0.4, 0.5) is 9.59 Å². The lowest BCUT2D eigenvalue weighted by molar-refractivity contribution is -0.163. The van der Waals surface area contributed by atoms with E-state index in [1.807, 2.05) is 65.3 Å². The highest BCUT2D eigenvalue weighted by molar-refractivity contribution is 5.89. The maximum Gasteiger partial charge on any atom is 0.405 e. The molecule has 4 aromatic rings. The van der Waals surface area contributed by atoms with Crippen LogP contribution in [0.2, 0.25) is 0 Å². The first-order chi connectivity index (χ1) is 30.9. The van der Waals surface area contributed by atoms with Gasteiger partial charge in [-0.05, 0) is 112 Å². The van der Waals surface area contributed by atoms with Gasteiger partial charge in [0.2, 0.25) is 0 Å². The number of primary amides is 2. The third-order valence-electron chi connectivity index (χ3n) is 14.4. The predicted molar refractivity (Wildman–Crippen MR) is 231 cm³/mol. The molecule has 2 aromatic heterocycles. The summed E-state index contributed by atoms with van der Waals surface area (Å²) in [6.07, 6.45) is 6.60. The van der Waals surface area contributed by atoms with Gasteiger partial charge in [-0.15, -0.1) is 0 Å². The summed E-state index contributed by atoms with van der Waals surface area (Å²) in [5.41, 5.74) is 14.8. The molecule has 10 atom stereocenters. The number of hydrogen-bond acceptors (Lipinski definition) is 10. The number of hydrogen-bond donors (Lipinski definition) is 4. The van der Waals surface area contributed by atoms with Gasteiger partial charge in [0.05, 0.1) is 42.0 Å². The van der Waals surface area contributed by atoms with E-state index in [9.17, 15) is 19.2 Å². The molecular weight excluding hydrogens is 817 g/mol. The molecule has 64 heavy (non-hydrogen) atoms. The largest absolute Gasteiger partial charge is 0.436 e. The minimum absolute atomic E-state index is 0.0524. The summed E-state index contributed by atoms with van der Waals surface area (Å²) in [7, 11) is 0. The molecule has 6 N–H and O–H groups in total. The van der Waals surface area contributed by atoms with Gasteiger partial charge in [-0.3, -0.25) is 9.59 Å². The third-order valence-corrected chi connectivity index (χ3v) is 14.4. The number of carbonyl (C=O) groups is 4. The topological polar surface area (TPSA) is 221 Å². The van der Waals surface area contributed by atoms with Crippen molar-refractivity contribution in [2.75, 3.05) is 19.8 Å². The van der Waals surface area contributed by atoms with Crippen LogP contribution in [-0.4, -0.2) is 103 Å². The summed E-state index contributed by atoms with van der Waals surface area (Å²) >= 11 is 0. The molecule has 4 amide bonds. The SMILES string of the molecule is CC1CC([C@@](C)(OC(N)=O)C(=O)N2C3C[C@@H]3C[C@H]2c2ncc(-c3ccc(C#Cc4ccc(-c5cnc([C@@H]6C[C@H]7CC7N6C(=O)[C@H](OC(N)=O)C6CCOCC6)[nH]5)cc4)cc3)[nH]2)CCO1.